The summed E-state index contributed by atoms with van der Waals surface area (Å²) in [7, 11) is 0. The summed E-state index contributed by atoms with van der Waals surface area (Å²) in [4.78, 5) is 3.84. The van der Waals surface area contributed by atoms with Gasteiger partial charge in [-0.1, -0.05) is 22.6 Å². The van der Waals surface area contributed by atoms with E-state index in [-0.39, 0.29) is 12.1 Å². The molecule has 0 aromatic carbocycles. The van der Waals surface area contributed by atoms with E-state index >= 15 is 0 Å². The standard InChI is InChI=1S/C8H12IN3O3/c9-3-4-5(13)6(14)7(15-4)12-2-1-11-8(12)10/h1-2,4-7,13-14H,3H2,(H2,10,11)/t4-,5-,6+,7?/m1/s1. The largest absolute Gasteiger partial charge is 0.387 e. The molecule has 4 N–H and O–H groups in total. The van der Waals surface area contributed by atoms with Crippen molar-refractivity contribution in [3.05, 3.63) is 12.4 Å². The summed E-state index contributed by atoms with van der Waals surface area (Å²) in [5.74, 6) is 0.264. The Kier molecular flexibility index (Phi) is 3.14. The number of aliphatic hydroxyl groups is 2. The predicted octanol–water partition coefficient (Wildman–Crippen LogP) is -0.481. The van der Waals surface area contributed by atoms with Crippen molar-refractivity contribution in [3.63, 3.8) is 0 Å². The second kappa shape index (κ2) is 4.24. The molecule has 0 aliphatic carbocycles. The molecule has 6 nitrogen and oxygen atoms in total. The molecule has 0 bridgehead atoms. The second-order valence-electron chi connectivity index (χ2n) is 3.39. The lowest BCUT2D eigenvalue weighted by atomic mass is 10.1. The summed E-state index contributed by atoms with van der Waals surface area (Å²) in [6, 6.07) is 0. The summed E-state index contributed by atoms with van der Waals surface area (Å²) in [6.45, 7) is 0. The molecule has 2 rings (SSSR count). The smallest absolute Gasteiger partial charge is 0.202 e. The zero-order chi connectivity index (χ0) is 11.0. The number of alkyl halides is 1. The molecular weight excluding hydrogens is 313 g/mol. The van der Waals surface area contributed by atoms with Gasteiger partial charge in [-0.05, 0) is 0 Å². The highest BCUT2D eigenvalue weighted by Crippen LogP contribution is 2.31. The number of imidazole rings is 1. The van der Waals surface area contributed by atoms with Gasteiger partial charge in [0.15, 0.2) is 6.23 Å². The maximum atomic E-state index is 9.77. The number of halogens is 1. The Morgan fingerprint density at radius 3 is 2.73 bits per heavy atom. The number of nitrogen functional groups attached to an aromatic ring is 1. The minimum absolute atomic E-state index is 0.264. The average molecular weight is 325 g/mol. The van der Waals surface area contributed by atoms with E-state index in [0.29, 0.717) is 4.43 Å². The molecule has 1 aromatic heterocycles. The van der Waals surface area contributed by atoms with Gasteiger partial charge in [-0.2, -0.15) is 0 Å². The number of aliphatic hydroxyl groups excluding tert-OH is 2. The van der Waals surface area contributed by atoms with Crippen molar-refractivity contribution < 1.29 is 14.9 Å². The van der Waals surface area contributed by atoms with E-state index in [1.807, 2.05) is 0 Å². The Morgan fingerprint density at radius 2 is 2.27 bits per heavy atom. The van der Waals surface area contributed by atoms with Crippen molar-refractivity contribution in [2.24, 2.45) is 0 Å². The van der Waals surface area contributed by atoms with Crippen molar-refractivity contribution >= 4 is 28.5 Å². The molecular formula is C8H12IN3O3. The summed E-state index contributed by atoms with van der Waals surface area (Å²) in [5.41, 5.74) is 5.59. The quantitative estimate of drug-likeness (QED) is 0.504. The van der Waals surface area contributed by atoms with E-state index in [4.69, 9.17) is 10.5 Å². The zero-order valence-electron chi connectivity index (χ0n) is 7.82. The topological polar surface area (TPSA) is 93.5 Å². The van der Waals surface area contributed by atoms with Crippen molar-refractivity contribution in [2.45, 2.75) is 24.5 Å². The Hall–Kier alpha value is -0.380. The Bertz CT molecular complexity index is 346. The Morgan fingerprint density at radius 1 is 1.53 bits per heavy atom. The maximum Gasteiger partial charge on any atom is 0.202 e. The summed E-state index contributed by atoms with van der Waals surface area (Å²) >= 11 is 2.10. The fraction of sp³-hybridized carbons (Fsp3) is 0.625. The molecule has 1 aliphatic heterocycles. The second-order valence-corrected chi connectivity index (χ2v) is 4.27. The molecule has 1 saturated heterocycles. The summed E-state index contributed by atoms with van der Waals surface area (Å²) in [6.07, 6.45) is 0.269. The van der Waals surface area contributed by atoms with Crippen LogP contribution >= 0.6 is 22.6 Å². The van der Waals surface area contributed by atoms with Crippen LogP contribution in [-0.4, -0.2) is 42.5 Å². The van der Waals surface area contributed by atoms with Gasteiger partial charge in [0.1, 0.15) is 12.2 Å². The first-order valence-electron chi connectivity index (χ1n) is 4.51. The van der Waals surface area contributed by atoms with Crippen LogP contribution in [0.15, 0.2) is 12.4 Å². The summed E-state index contributed by atoms with van der Waals surface area (Å²) < 4.78 is 7.62. The van der Waals surface area contributed by atoms with Gasteiger partial charge in [0.05, 0.1) is 6.10 Å². The highest BCUT2D eigenvalue weighted by molar-refractivity contribution is 14.1. The number of hydrogen-bond acceptors (Lipinski definition) is 5. The summed E-state index contributed by atoms with van der Waals surface area (Å²) in [5, 5.41) is 19.4. The van der Waals surface area contributed by atoms with Gasteiger partial charge in [0.2, 0.25) is 5.95 Å². The molecule has 7 heteroatoms. The monoisotopic (exact) mass is 325 g/mol. The molecule has 1 aromatic rings. The van der Waals surface area contributed by atoms with Gasteiger partial charge in [-0.15, -0.1) is 0 Å². The average Bonchev–Trinajstić information content (AvgIpc) is 2.74. The third-order valence-corrected chi connectivity index (χ3v) is 3.33. The van der Waals surface area contributed by atoms with E-state index in [1.165, 1.54) is 10.8 Å². The molecule has 1 unspecified atom stereocenters. The molecule has 2 heterocycles. The number of rotatable bonds is 2. The maximum absolute atomic E-state index is 9.77. The van der Waals surface area contributed by atoms with Crippen molar-refractivity contribution in [2.75, 3.05) is 10.2 Å². The van der Waals surface area contributed by atoms with Gasteiger partial charge in [-0.25, -0.2) is 4.98 Å². The Balaban J connectivity index is 2.22. The predicted molar refractivity (Wildman–Crippen MR) is 61.5 cm³/mol. The van der Waals surface area contributed by atoms with Crippen LogP contribution in [0.4, 0.5) is 5.95 Å². The van der Waals surface area contributed by atoms with E-state index in [1.54, 1.807) is 6.20 Å². The first-order valence-corrected chi connectivity index (χ1v) is 6.03. The number of ether oxygens (including phenoxy) is 1. The van der Waals surface area contributed by atoms with Gasteiger partial charge < -0.3 is 20.7 Å². The van der Waals surface area contributed by atoms with E-state index in [2.05, 4.69) is 27.6 Å². The lowest BCUT2D eigenvalue weighted by molar-refractivity contribution is -0.0291. The molecule has 0 spiro atoms. The molecule has 0 radical (unpaired) electrons. The van der Waals surface area contributed by atoms with Crippen LogP contribution in [0.5, 0.6) is 0 Å². The number of hydrogen-bond donors (Lipinski definition) is 3. The highest BCUT2D eigenvalue weighted by atomic mass is 127. The number of aromatic nitrogens is 2. The minimum Gasteiger partial charge on any atom is -0.387 e. The molecule has 0 saturated carbocycles. The SMILES string of the molecule is Nc1nccn1C1O[C@H](CI)[C@@H](O)[C@@H]1O. The molecule has 1 fully saturated rings. The van der Waals surface area contributed by atoms with Crippen molar-refractivity contribution in [3.8, 4) is 0 Å². The van der Waals surface area contributed by atoms with E-state index in [9.17, 15) is 10.2 Å². The van der Waals surface area contributed by atoms with Crippen LogP contribution in [0.25, 0.3) is 0 Å². The fourth-order valence-electron chi connectivity index (χ4n) is 1.63. The molecule has 0 amide bonds. The van der Waals surface area contributed by atoms with Crippen LogP contribution in [-0.2, 0) is 4.74 Å². The molecule has 15 heavy (non-hydrogen) atoms. The van der Waals surface area contributed by atoms with Crippen LogP contribution in [0.1, 0.15) is 6.23 Å². The van der Waals surface area contributed by atoms with Gasteiger partial charge >= 0.3 is 0 Å². The first kappa shape index (κ1) is 11.1. The first-order chi connectivity index (χ1) is 7.15. The minimum atomic E-state index is -0.971. The van der Waals surface area contributed by atoms with E-state index in [0.717, 1.165) is 0 Å². The molecule has 1 aliphatic rings. The van der Waals surface area contributed by atoms with Crippen molar-refractivity contribution in [1.29, 1.82) is 0 Å². The third kappa shape index (κ3) is 1.84. The zero-order valence-corrected chi connectivity index (χ0v) is 9.98. The molecule has 4 atom stereocenters. The molecule has 84 valence electrons. The highest BCUT2D eigenvalue weighted by Gasteiger charge is 2.43. The van der Waals surface area contributed by atoms with E-state index < -0.39 is 18.4 Å². The van der Waals surface area contributed by atoms with Crippen LogP contribution in [0, 0.1) is 0 Å². The fourth-order valence-corrected chi connectivity index (χ4v) is 2.35. The van der Waals surface area contributed by atoms with Crippen LogP contribution in [0.3, 0.4) is 0 Å². The number of nitrogens with two attached hydrogens (primary N) is 1. The van der Waals surface area contributed by atoms with Crippen LogP contribution < -0.4 is 5.73 Å². The number of nitrogens with zero attached hydrogens (tertiary/aromatic N) is 2. The van der Waals surface area contributed by atoms with Gasteiger partial charge in [0, 0.05) is 16.8 Å². The van der Waals surface area contributed by atoms with Gasteiger partial charge in [0.25, 0.3) is 0 Å². The van der Waals surface area contributed by atoms with Crippen LogP contribution in [0.2, 0.25) is 0 Å². The number of anilines is 1. The lowest BCUT2D eigenvalue weighted by Gasteiger charge is -2.16. The van der Waals surface area contributed by atoms with Crippen molar-refractivity contribution in [1.82, 2.24) is 9.55 Å². The normalized spacial score (nSPS) is 35.9. The van der Waals surface area contributed by atoms with Gasteiger partial charge in [-0.3, -0.25) is 4.57 Å². The Labute approximate surface area is 100 Å². The lowest BCUT2D eigenvalue weighted by Crippen LogP contribution is -2.32. The third-order valence-electron chi connectivity index (χ3n) is 2.46.